The van der Waals surface area contributed by atoms with Gasteiger partial charge in [-0.15, -0.1) is 0 Å². The van der Waals surface area contributed by atoms with E-state index in [0.29, 0.717) is 21.5 Å². The van der Waals surface area contributed by atoms with E-state index < -0.39 is 5.97 Å². The van der Waals surface area contributed by atoms with Crippen molar-refractivity contribution >= 4 is 44.5 Å². The van der Waals surface area contributed by atoms with E-state index in [2.05, 4.69) is 20.7 Å². The number of benzene rings is 1. The van der Waals surface area contributed by atoms with Gasteiger partial charge in [-0.05, 0) is 18.2 Å². The lowest BCUT2D eigenvalue weighted by atomic mass is 10.1. The van der Waals surface area contributed by atoms with Gasteiger partial charge in [0.2, 0.25) is 0 Å². The fourth-order valence-electron chi connectivity index (χ4n) is 1.50. The van der Waals surface area contributed by atoms with Gasteiger partial charge in [-0.2, -0.15) is 0 Å². The van der Waals surface area contributed by atoms with Crippen molar-refractivity contribution in [1.29, 1.82) is 0 Å². The fourth-order valence-corrected chi connectivity index (χ4v) is 2.00. The maximum atomic E-state index is 11.5. The standard InChI is InChI=1S/C11H8BrClO3/c1-15-11(14)9-4-7(13)2-6-3-8(5-12)16-10(6)9/h2-4H,5H2,1H3. The molecule has 0 aliphatic rings. The number of furan rings is 1. The molecule has 0 aliphatic carbocycles. The molecule has 0 radical (unpaired) electrons. The second-order valence-corrected chi connectivity index (χ2v) is 4.21. The van der Waals surface area contributed by atoms with E-state index in [4.69, 9.17) is 16.0 Å². The van der Waals surface area contributed by atoms with Crippen molar-refractivity contribution in [2.75, 3.05) is 7.11 Å². The quantitative estimate of drug-likeness (QED) is 0.626. The molecule has 0 saturated carbocycles. The van der Waals surface area contributed by atoms with Crippen molar-refractivity contribution in [3.8, 4) is 0 Å². The Morgan fingerprint density at radius 2 is 2.25 bits per heavy atom. The summed E-state index contributed by atoms with van der Waals surface area (Å²) < 4.78 is 10.2. The van der Waals surface area contributed by atoms with Gasteiger partial charge < -0.3 is 9.15 Å². The summed E-state index contributed by atoms with van der Waals surface area (Å²) in [4.78, 5) is 11.5. The Kier molecular flexibility index (Phi) is 3.21. The smallest absolute Gasteiger partial charge is 0.341 e. The number of alkyl halides is 1. The second-order valence-electron chi connectivity index (χ2n) is 3.21. The Bertz CT molecular complexity index is 547. The van der Waals surface area contributed by atoms with Crippen molar-refractivity contribution in [2.45, 2.75) is 5.33 Å². The topological polar surface area (TPSA) is 39.4 Å². The van der Waals surface area contributed by atoms with Crippen molar-refractivity contribution in [3.05, 3.63) is 34.5 Å². The van der Waals surface area contributed by atoms with E-state index in [0.717, 1.165) is 11.1 Å². The molecule has 0 saturated heterocycles. The molecule has 1 aromatic carbocycles. The lowest BCUT2D eigenvalue weighted by Crippen LogP contribution is -2.01. The predicted octanol–water partition coefficient (Wildman–Crippen LogP) is 3.77. The van der Waals surface area contributed by atoms with Crippen LogP contribution in [0.1, 0.15) is 16.1 Å². The van der Waals surface area contributed by atoms with Crippen molar-refractivity contribution in [2.24, 2.45) is 0 Å². The molecule has 5 heteroatoms. The predicted molar refractivity (Wildman–Crippen MR) is 65.2 cm³/mol. The van der Waals surface area contributed by atoms with E-state index in [1.54, 1.807) is 6.07 Å². The number of carbonyl (C=O) groups is 1. The molecule has 0 N–H and O–H groups in total. The van der Waals surface area contributed by atoms with Gasteiger partial charge in [0, 0.05) is 10.4 Å². The number of rotatable bonds is 2. The third kappa shape index (κ3) is 1.95. The summed E-state index contributed by atoms with van der Waals surface area (Å²) in [5.41, 5.74) is 0.850. The maximum absolute atomic E-state index is 11.5. The van der Waals surface area contributed by atoms with Crippen LogP contribution in [-0.4, -0.2) is 13.1 Å². The molecule has 16 heavy (non-hydrogen) atoms. The Hall–Kier alpha value is -1.000. The zero-order valence-electron chi connectivity index (χ0n) is 8.42. The van der Waals surface area contributed by atoms with E-state index in [9.17, 15) is 4.79 Å². The van der Waals surface area contributed by atoms with Gasteiger partial charge in [0.05, 0.1) is 12.4 Å². The average Bonchev–Trinajstić information content (AvgIpc) is 2.69. The molecule has 84 valence electrons. The normalized spacial score (nSPS) is 10.7. The molecule has 1 aromatic heterocycles. The third-order valence-electron chi connectivity index (χ3n) is 2.17. The lowest BCUT2D eigenvalue weighted by molar-refractivity contribution is 0.0601. The molecule has 2 rings (SSSR count). The SMILES string of the molecule is COC(=O)c1cc(Cl)cc2cc(CBr)oc12. The maximum Gasteiger partial charge on any atom is 0.341 e. The molecular weight excluding hydrogens is 295 g/mol. The molecule has 3 nitrogen and oxygen atoms in total. The molecular formula is C11H8BrClO3. The van der Waals surface area contributed by atoms with Crippen LogP contribution in [0.15, 0.2) is 22.6 Å². The third-order valence-corrected chi connectivity index (χ3v) is 2.94. The van der Waals surface area contributed by atoms with Crippen LogP contribution in [0.25, 0.3) is 11.0 Å². The number of ether oxygens (including phenoxy) is 1. The van der Waals surface area contributed by atoms with E-state index in [1.165, 1.54) is 13.2 Å². The van der Waals surface area contributed by atoms with Gasteiger partial charge in [0.1, 0.15) is 16.9 Å². The van der Waals surface area contributed by atoms with Gasteiger partial charge >= 0.3 is 5.97 Å². The van der Waals surface area contributed by atoms with Crippen LogP contribution < -0.4 is 0 Å². The van der Waals surface area contributed by atoms with Crippen LogP contribution in [0.4, 0.5) is 0 Å². The summed E-state index contributed by atoms with van der Waals surface area (Å²) in [5, 5.41) is 1.86. The zero-order chi connectivity index (χ0) is 11.7. The van der Waals surface area contributed by atoms with Crippen molar-refractivity contribution < 1.29 is 13.9 Å². The van der Waals surface area contributed by atoms with Crippen molar-refractivity contribution in [1.82, 2.24) is 0 Å². The second kappa shape index (κ2) is 4.47. The Labute approximate surface area is 105 Å². The number of esters is 1. The van der Waals surface area contributed by atoms with Crippen molar-refractivity contribution in [3.63, 3.8) is 0 Å². The van der Waals surface area contributed by atoms with E-state index >= 15 is 0 Å². The average molecular weight is 304 g/mol. The van der Waals surface area contributed by atoms with Crippen LogP contribution in [0.5, 0.6) is 0 Å². The van der Waals surface area contributed by atoms with Gasteiger partial charge in [-0.1, -0.05) is 27.5 Å². The van der Waals surface area contributed by atoms with Crippen LogP contribution in [0.2, 0.25) is 5.02 Å². The molecule has 0 atom stereocenters. The first kappa shape index (κ1) is 11.5. The highest BCUT2D eigenvalue weighted by Crippen LogP contribution is 2.28. The van der Waals surface area contributed by atoms with Gasteiger partial charge in [-0.25, -0.2) is 4.79 Å². The molecule has 0 bridgehead atoms. The highest BCUT2D eigenvalue weighted by Gasteiger charge is 2.16. The van der Waals surface area contributed by atoms with Gasteiger partial charge in [0.15, 0.2) is 0 Å². The first-order valence-electron chi connectivity index (χ1n) is 4.52. The van der Waals surface area contributed by atoms with Crippen LogP contribution in [0, 0.1) is 0 Å². The van der Waals surface area contributed by atoms with Gasteiger partial charge in [0.25, 0.3) is 0 Å². The Morgan fingerprint density at radius 3 is 2.88 bits per heavy atom. The first-order chi connectivity index (χ1) is 7.65. The van der Waals surface area contributed by atoms with Crippen LogP contribution >= 0.6 is 27.5 Å². The fraction of sp³-hybridized carbons (Fsp3) is 0.182. The number of carbonyl (C=O) groups excluding carboxylic acids is 1. The molecule has 0 spiro atoms. The number of hydrogen-bond acceptors (Lipinski definition) is 3. The minimum atomic E-state index is -0.456. The minimum Gasteiger partial charge on any atom is -0.465 e. The molecule has 2 aromatic rings. The lowest BCUT2D eigenvalue weighted by Gasteiger charge is -2.00. The largest absolute Gasteiger partial charge is 0.465 e. The van der Waals surface area contributed by atoms with E-state index in [-0.39, 0.29) is 0 Å². The summed E-state index contributed by atoms with van der Waals surface area (Å²) >= 11 is 9.21. The summed E-state index contributed by atoms with van der Waals surface area (Å²) in [7, 11) is 1.32. The van der Waals surface area contributed by atoms with Gasteiger partial charge in [-0.3, -0.25) is 0 Å². The highest BCUT2D eigenvalue weighted by atomic mass is 79.9. The molecule has 0 amide bonds. The van der Waals surface area contributed by atoms with Crippen LogP contribution in [-0.2, 0) is 10.1 Å². The summed E-state index contributed by atoms with van der Waals surface area (Å²) in [5.74, 6) is 0.283. The Morgan fingerprint density at radius 1 is 1.50 bits per heavy atom. The number of halogens is 2. The van der Waals surface area contributed by atoms with E-state index in [1.807, 2.05) is 6.07 Å². The summed E-state index contributed by atoms with van der Waals surface area (Å²) in [6.45, 7) is 0. The molecule has 1 heterocycles. The minimum absolute atomic E-state index is 0.345. The molecule has 0 unspecified atom stereocenters. The number of hydrogen-bond donors (Lipinski definition) is 0. The first-order valence-corrected chi connectivity index (χ1v) is 6.02. The molecule has 0 aliphatic heterocycles. The highest BCUT2D eigenvalue weighted by molar-refractivity contribution is 9.08. The number of fused-ring (bicyclic) bond motifs is 1. The number of methoxy groups -OCH3 is 1. The molecule has 0 fully saturated rings. The summed E-state index contributed by atoms with van der Waals surface area (Å²) in [6.07, 6.45) is 0. The Balaban J connectivity index is 2.70. The van der Waals surface area contributed by atoms with Crippen LogP contribution in [0.3, 0.4) is 0 Å². The monoisotopic (exact) mass is 302 g/mol. The zero-order valence-corrected chi connectivity index (χ0v) is 10.8. The summed E-state index contributed by atoms with van der Waals surface area (Å²) in [6, 6.07) is 5.12.